The van der Waals surface area contributed by atoms with Crippen molar-refractivity contribution in [1.82, 2.24) is 0 Å². The van der Waals surface area contributed by atoms with Crippen molar-refractivity contribution in [3.8, 4) is 0 Å². The zero-order valence-corrected chi connectivity index (χ0v) is 9.48. The van der Waals surface area contributed by atoms with Gasteiger partial charge in [0.2, 0.25) is 0 Å². The monoisotopic (exact) mass is 230 g/mol. The number of ether oxygens (including phenoxy) is 1. The van der Waals surface area contributed by atoms with Crippen molar-refractivity contribution in [2.24, 2.45) is 0 Å². The molecule has 0 saturated carbocycles. The first-order valence-electron chi connectivity index (χ1n) is 4.76. The lowest BCUT2D eigenvalue weighted by Crippen LogP contribution is -1.93. The topological polar surface area (TPSA) is 12.5 Å². The number of hydrogen-bond acceptors (Lipinski definition) is 1. The van der Waals surface area contributed by atoms with Crippen LogP contribution >= 0.6 is 23.2 Å². The van der Waals surface area contributed by atoms with E-state index in [-0.39, 0.29) is 0 Å². The second-order valence-electron chi connectivity index (χ2n) is 3.67. The lowest BCUT2D eigenvalue weighted by molar-refractivity contribution is 0.370. The Morgan fingerprint density at radius 2 is 2.00 bits per heavy atom. The molecule has 1 fully saturated rings. The zero-order valence-electron chi connectivity index (χ0n) is 7.97. The van der Waals surface area contributed by atoms with Gasteiger partial charge in [-0.05, 0) is 37.5 Å². The van der Waals surface area contributed by atoms with E-state index in [0.717, 1.165) is 12.8 Å². The minimum absolute atomic E-state index is 0.442. The molecule has 14 heavy (non-hydrogen) atoms. The number of epoxide rings is 1. The average Bonchev–Trinajstić information content (AvgIpc) is 2.85. The van der Waals surface area contributed by atoms with Crippen LogP contribution in [-0.4, -0.2) is 12.2 Å². The minimum atomic E-state index is 0.442. The van der Waals surface area contributed by atoms with Crippen LogP contribution in [-0.2, 0) is 11.2 Å². The molecule has 0 aromatic heterocycles. The molecule has 76 valence electrons. The van der Waals surface area contributed by atoms with Crippen molar-refractivity contribution in [3.63, 3.8) is 0 Å². The molecule has 2 unspecified atom stereocenters. The highest BCUT2D eigenvalue weighted by molar-refractivity contribution is 6.42. The molecule has 1 nitrogen and oxygen atoms in total. The minimum Gasteiger partial charge on any atom is -0.370 e. The summed E-state index contributed by atoms with van der Waals surface area (Å²) in [6.45, 7) is 2.10. The molecule has 1 heterocycles. The van der Waals surface area contributed by atoms with Crippen LogP contribution in [0.2, 0.25) is 10.0 Å². The lowest BCUT2D eigenvalue weighted by atomic mass is 10.1. The first-order chi connectivity index (χ1) is 6.66. The molecular weight excluding hydrogens is 219 g/mol. The molecule has 0 N–H and O–H groups in total. The molecule has 1 saturated heterocycles. The first kappa shape index (κ1) is 10.3. The molecule has 0 radical (unpaired) electrons. The maximum atomic E-state index is 5.91. The normalized spacial score (nSPS) is 25.1. The van der Waals surface area contributed by atoms with Gasteiger partial charge in [0.1, 0.15) is 0 Å². The van der Waals surface area contributed by atoms with Crippen LogP contribution in [0.5, 0.6) is 0 Å². The largest absolute Gasteiger partial charge is 0.370 e. The van der Waals surface area contributed by atoms with Crippen molar-refractivity contribution in [1.29, 1.82) is 0 Å². The van der Waals surface area contributed by atoms with E-state index < -0.39 is 0 Å². The van der Waals surface area contributed by atoms with E-state index in [4.69, 9.17) is 27.9 Å². The summed E-state index contributed by atoms with van der Waals surface area (Å²) in [5.74, 6) is 0. The van der Waals surface area contributed by atoms with E-state index in [1.165, 1.54) is 5.56 Å². The Morgan fingerprint density at radius 1 is 1.29 bits per heavy atom. The standard InChI is InChI=1S/C11H12Cl2O/c1-7-11(14-7)5-3-8-2-4-9(12)10(13)6-8/h2,4,6-7,11H,3,5H2,1H3. The molecule has 1 aliphatic rings. The van der Waals surface area contributed by atoms with Crippen molar-refractivity contribution in [2.75, 3.05) is 0 Å². The molecule has 0 spiro atoms. The lowest BCUT2D eigenvalue weighted by Gasteiger charge is -2.01. The zero-order chi connectivity index (χ0) is 10.1. The van der Waals surface area contributed by atoms with Crippen LogP contribution in [0, 0.1) is 0 Å². The Kier molecular flexibility index (Phi) is 3.01. The van der Waals surface area contributed by atoms with Crippen LogP contribution in [0.25, 0.3) is 0 Å². The van der Waals surface area contributed by atoms with Crippen LogP contribution in [0.1, 0.15) is 18.9 Å². The van der Waals surface area contributed by atoms with Crippen LogP contribution in [0.3, 0.4) is 0 Å². The number of rotatable bonds is 3. The van der Waals surface area contributed by atoms with Crippen LogP contribution in [0.15, 0.2) is 18.2 Å². The SMILES string of the molecule is CC1OC1CCc1ccc(Cl)c(Cl)c1. The summed E-state index contributed by atoms with van der Waals surface area (Å²) >= 11 is 11.7. The van der Waals surface area contributed by atoms with Crippen molar-refractivity contribution in [3.05, 3.63) is 33.8 Å². The highest BCUT2D eigenvalue weighted by atomic mass is 35.5. The second kappa shape index (κ2) is 4.09. The van der Waals surface area contributed by atoms with Crippen LogP contribution in [0.4, 0.5) is 0 Å². The van der Waals surface area contributed by atoms with Gasteiger partial charge in [-0.3, -0.25) is 0 Å². The summed E-state index contributed by atoms with van der Waals surface area (Å²) in [6.07, 6.45) is 2.97. The molecular formula is C11H12Cl2O. The van der Waals surface area contributed by atoms with Gasteiger partial charge in [0.15, 0.2) is 0 Å². The Labute approximate surface area is 94.0 Å². The summed E-state index contributed by atoms with van der Waals surface area (Å²) < 4.78 is 5.33. The van der Waals surface area contributed by atoms with Gasteiger partial charge in [-0.25, -0.2) is 0 Å². The van der Waals surface area contributed by atoms with Crippen molar-refractivity contribution in [2.45, 2.75) is 32.0 Å². The smallest absolute Gasteiger partial charge is 0.0842 e. The van der Waals surface area contributed by atoms with E-state index >= 15 is 0 Å². The van der Waals surface area contributed by atoms with Gasteiger partial charge < -0.3 is 4.74 Å². The summed E-state index contributed by atoms with van der Waals surface area (Å²) in [6, 6.07) is 5.79. The van der Waals surface area contributed by atoms with Gasteiger partial charge in [-0.1, -0.05) is 29.3 Å². The van der Waals surface area contributed by atoms with Gasteiger partial charge >= 0.3 is 0 Å². The quantitative estimate of drug-likeness (QED) is 0.722. The summed E-state index contributed by atoms with van der Waals surface area (Å²) in [4.78, 5) is 0. The fraction of sp³-hybridized carbons (Fsp3) is 0.455. The second-order valence-corrected chi connectivity index (χ2v) is 4.48. The Bertz CT molecular complexity index is 338. The summed E-state index contributed by atoms with van der Waals surface area (Å²) in [7, 11) is 0. The fourth-order valence-corrected chi connectivity index (χ4v) is 1.86. The van der Waals surface area contributed by atoms with Crippen molar-refractivity contribution < 1.29 is 4.74 Å². The number of aryl methyl sites for hydroxylation is 1. The van der Waals surface area contributed by atoms with Crippen molar-refractivity contribution >= 4 is 23.2 Å². The predicted molar refractivity (Wildman–Crippen MR) is 59.1 cm³/mol. The molecule has 1 aliphatic heterocycles. The van der Waals surface area contributed by atoms with E-state index in [9.17, 15) is 0 Å². The Hall–Kier alpha value is -0.240. The van der Waals surface area contributed by atoms with E-state index in [0.29, 0.717) is 22.3 Å². The fourth-order valence-electron chi connectivity index (χ4n) is 1.54. The molecule has 2 rings (SSSR count). The van der Waals surface area contributed by atoms with Gasteiger partial charge in [0, 0.05) is 0 Å². The first-order valence-corrected chi connectivity index (χ1v) is 5.52. The van der Waals surface area contributed by atoms with Gasteiger partial charge in [0.25, 0.3) is 0 Å². The third-order valence-electron chi connectivity index (χ3n) is 2.54. The third-order valence-corrected chi connectivity index (χ3v) is 3.28. The highest BCUT2D eigenvalue weighted by Gasteiger charge is 2.33. The Morgan fingerprint density at radius 3 is 2.57 bits per heavy atom. The summed E-state index contributed by atoms with van der Waals surface area (Å²) in [5.41, 5.74) is 1.22. The van der Waals surface area contributed by atoms with E-state index in [2.05, 4.69) is 6.92 Å². The highest BCUT2D eigenvalue weighted by Crippen LogP contribution is 2.28. The molecule has 0 amide bonds. The van der Waals surface area contributed by atoms with E-state index in [1.807, 2.05) is 18.2 Å². The molecule has 1 aromatic rings. The third kappa shape index (κ3) is 2.41. The van der Waals surface area contributed by atoms with E-state index in [1.54, 1.807) is 0 Å². The van der Waals surface area contributed by atoms with Gasteiger partial charge in [-0.2, -0.15) is 0 Å². The Balaban J connectivity index is 1.92. The number of halogens is 2. The van der Waals surface area contributed by atoms with Gasteiger partial charge in [-0.15, -0.1) is 0 Å². The maximum Gasteiger partial charge on any atom is 0.0842 e. The average molecular weight is 231 g/mol. The van der Waals surface area contributed by atoms with Gasteiger partial charge in [0.05, 0.1) is 22.3 Å². The summed E-state index contributed by atoms with van der Waals surface area (Å²) in [5, 5.41) is 1.25. The number of benzene rings is 1. The van der Waals surface area contributed by atoms with Crippen LogP contribution < -0.4 is 0 Å². The molecule has 2 atom stereocenters. The number of hydrogen-bond donors (Lipinski definition) is 0. The molecule has 1 aromatic carbocycles. The predicted octanol–water partition coefficient (Wildman–Crippen LogP) is 3.71. The molecule has 0 aliphatic carbocycles. The molecule has 0 bridgehead atoms. The molecule has 3 heteroatoms. The maximum absolute atomic E-state index is 5.91.